The van der Waals surface area contributed by atoms with Crippen molar-refractivity contribution in [2.24, 2.45) is 5.92 Å². The van der Waals surface area contributed by atoms with Crippen molar-refractivity contribution in [2.75, 3.05) is 11.9 Å². The van der Waals surface area contributed by atoms with E-state index in [1.807, 2.05) is 24.3 Å². The Hall–Kier alpha value is -1.84. The molecule has 0 aromatic heterocycles. The number of rotatable bonds is 5. The first kappa shape index (κ1) is 15.5. The summed E-state index contributed by atoms with van der Waals surface area (Å²) in [4.78, 5) is 23.5. The SMILES string of the molecule is CCOC(=O)Cc1ccc(NC(=O)C2CCCCC2)cc1. The fraction of sp³-hybridized carbons (Fsp3) is 0.529. The van der Waals surface area contributed by atoms with Crippen molar-refractivity contribution in [2.45, 2.75) is 45.4 Å². The third-order valence-corrected chi connectivity index (χ3v) is 3.85. The summed E-state index contributed by atoms with van der Waals surface area (Å²) in [5.41, 5.74) is 1.68. The molecule has 0 heterocycles. The van der Waals surface area contributed by atoms with E-state index < -0.39 is 0 Å². The third-order valence-electron chi connectivity index (χ3n) is 3.85. The number of benzene rings is 1. The zero-order valence-corrected chi connectivity index (χ0v) is 12.6. The van der Waals surface area contributed by atoms with Gasteiger partial charge in [0.15, 0.2) is 0 Å². The van der Waals surface area contributed by atoms with E-state index in [1.165, 1.54) is 6.42 Å². The van der Waals surface area contributed by atoms with Gasteiger partial charge in [-0.05, 0) is 37.5 Å². The summed E-state index contributed by atoms with van der Waals surface area (Å²) in [5, 5.41) is 2.96. The van der Waals surface area contributed by atoms with Gasteiger partial charge in [-0.1, -0.05) is 31.4 Å². The molecular formula is C17H23NO3. The highest BCUT2D eigenvalue weighted by atomic mass is 16.5. The molecule has 2 rings (SSSR count). The lowest BCUT2D eigenvalue weighted by molar-refractivity contribution is -0.142. The number of carbonyl (C=O) groups excluding carboxylic acids is 2. The maximum Gasteiger partial charge on any atom is 0.310 e. The predicted molar refractivity (Wildman–Crippen MR) is 82.0 cm³/mol. The second-order valence-corrected chi connectivity index (χ2v) is 5.50. The summed E-state index contributed by atoms with van der Waals surface area (Å²) >= 11 is 0. The molecule has 4 nitrogen and oxygen atoms in total. The van der Waals surface area contributed by atoms with Crippen LogP contribution < -0.4 is 5.32 Å². The molecule has 1 saturated carbocycles. The Kier molecular flexibility index (Phi) is 5.78. The maximum atomic E-state index is 12.1. The minimum Gasteiger partial charge on any atom is -0.466 e. The van der Waals surface area contributed by atoms with Crippen molar-refractivity contribution in [3.63, 3.8) is 0 Å². The summed E-state index contributed by atoms with van der Waals surface area (Å²) in [7, 11) is 0. The number of anilines is 1. The Morgan fingerprint density at radius 3 is 2.43 bits per heavy atom. The molecule has 0 spiro atoms. The summed E-state index contributed by atoms with van der Waals surface area (Å²) in [6.07, 6.45) is 5.80. The Balaban J connectivity index is 1.86. The average Bonchev–Trinajstić information content (AvgIpc) is 2.50. The van der Waals surface area contributed by atoms with Crippen LogP contribution in [0.25, 0.3) is 0 Å². The molecule has 0 radical (unpaired) electrons. The van der Waals surface area contributed by atoms with Crippen LogP contribution in [0.1, 0.15) is 44.6 Å². The smallest absolute Gasteiger partial charge is 0.310 e. The van der Waals surface area contributed by atoms with E-state index >= 15 is 0 Å². The van der Waals surface area contributed by atoms with Crippen molar-refractivity contribution < 1.29 is 14.3 Å². The van der Waals surface area contributed by atoms with Crippen molar-refractivity contribution in [1.82, 2.24) is 0 Å². The molecule has 0 bridgehead atoms. The highest BCUT2D eigenvalue weighted by Crippen LogP contribution is 2.25. The summed E-state index contributed by atoms with van der Waals surface area (Å²) in [6.45, 7) is 2.19. The molecule has 0 unspecified atom stereocenters. The predicted octanol–water partition coefficient (Wildman–Crippen LogP) is 3.31. The zero-order chi connectivity index (χ0) is 15.1. The quantitative estimate of drug-likeness (QED) is 0.846. The van der Waals surface area contributed by atoms with Crippen LogP contribution in [0.4, 0.5) is 5.69 Å². The summed E-state index contributed by atoms with van der Waals surface area (Å²) in [5.74, 6) is 0.0438. The molecule has 1 aliphatic carbocycles. The van der Waals surface area contributed by atoms with Gasteiger partial charge >= 0.3 is 5.97 Å². The molecule has 0 saturated heterocycles. The van der Waals surface area contributed by atoms with E-state index in [2.05, 4.69) is 5.32 Å². The number of hydrogen-bond acceptors (Lipinski definition) is 3. The molecule has 1 fully saturated rings. The van der Waals surface area contributed by atoms with Crippen LogP contribution in [0, 0.1) is 5.92 Å². The third kappa shape index (κ3) is 4.88. The minimum absolute atomic E-state index is 0.118. The Morgan fingerprint density at radius 2 is 1.81 bits per heavy atom. The van der Waals surface area contributed by atoms with Crippen molar-refractivity contribution >= 4 is 17.6 Å². The maximum absolute atomic E-state index is 12.1. The van der Waals surface area contributed by atoms with Crippen molar-refractivity contribution in [3.05, 3.63) is 29.8 Å². The number of amides is 1. The van der Waals surface area contributed by atoms with Gasteiger partial charge in [-0.15, -0.1) is 0 Å². The van der Waals surface area contributed by atoms with Gasteiger partial charge in [0.05, 0.1) is 13.0 Å². The molecule has 0 atom stereocenters. The number of ether oxygens (including phenoxy) is 1. The van der Waals surface area contributed by atoms with Crippen LogP contribution in [-0.4, -0.2) is 18.5 Å². The van der Waals surface area contributed by atoms with E-state index in [0.29, 0.717) is 6.61 Å². The first-order chi connectivity index (χ1) is 10.2. The van der Waals surface area contributed by atoms with Gasteiger partial charge in [0.25, 0.3) is 0 Å². The van der Waals surface area contributed by atoms with Crippen LogP contribution in [-0.2, 0) is 20.7 Å². The number of nitrogens with one attached hydrogen (secondary N) is 1. The van der Waals surface area contributed by atoms with Crippen LogP contribution in [0.15, 0.2) is 24.3 Å². The normalized spacial score (nSPS) is 15.5. The van der Waals surface area contributed by atoms with E-state index in [1.54, 1.807) is 6.92 Å². The monoisotopic (exact) mass is 289 g/mol. The van der Waals surface area contributed by atoms with E-state index in [-0.39, 0.29) is 24.2 Å². The number of hydrogen-bond donors (Lipinski definition) is 1. The van der Waals surface area contributed by atoms with Crippen molar-refractivity contribution in [1.29, 1.82) is 0 Å². The van der Waals surface area contributed by atoms with E-state index in [0.717, 1.165) is 36.9 Å². The Labute approximate surface area is 125 Å². The fourth-order valence-electron chi connectivity index (χ4n) is 2.69. The standard InChI is InChI=1S/C17H23NO3/c1-2-21-16(19)12-13-8-10-15(11-9-13)18-17(20)14-6-4-3-5-7-14/h8-11,14H,2-7,12H2,1H3,(H,18,20). The second-order valence-electron chi connectivity index (χ2n) is 5.50. The van der Waals surface area contributed by atoms with Gasteiger partial charge in [0.2, 0.25) is 5.91 Å². The van der Waals surface area contributed by atoms with E-state index in [4.69, 9.17) is 4.74 Å². The molecule has 1 aliphatic rings. The average molecular weight is 289 g/mol. The summed E-state index contributed by atoms with van der Waals surface area (Å²) < 4.78 is 4.91. The molecule has 0 aliphatic heterocycles. The van der Waals surface area contributed by atoms with Crippen LogP contribution in [0.3, 0.4) is 0 Å². The van der Waals surface area contributed by atoms with Gasteiger partial charge in [-0.2, -0.15) is 0 Å². The van der Waals surface area contributed by atoms with Crippen LogP contribution in [0.5, 0.6) is 0 Å². The van der Waals surface area contributed by atoms with E-state index in [9.17, 15) is 9.59 Å². The van der Waals surface area contributed by atoms with Crippen LogP contribution >= 0.6 is 0 Å². The molecule has 1 aromatic carbocycles. The van der Waals surface area contributed by atoms with Crippen LogP contribution in [0.2, 0.25) is 0 Å². The Morgan fingerprint density at radius 1 is 1.14 bits per heavy atom. The Bertz CT molecular complexity index is 475. The highest BCUT2D eigenvalue weighted by Gasteiger charge is 2.20. The summed E-state index contributed by atoms with van der Waals surface area (Å²) in [6, 6.07) is 7.39. The lowest BCUT2D eigenvalue weighted by atomic mass is 9.88. The van der Waals surface area contributed by atoms with Gasteiger partial charge < -0.3 is 10.1 Å². The zero-order valence-electron chi connectivity index (χ0n) is 12.6. The molecule has 1 N–H and O–H groups in total. The largest absolute Gasteiger partial charge is 0.466 e. The number of carbonyl (C=O) groups is 2. The molecule has 114 valence electrons. The topological polar surface area (TPSA) is 55.4 Å². The first-order valence-corrected chi connectivity index (χ1v) is 7.74. The van der Waals surface area contributed by atoms with Gasteiger partial charge in [0, 0.05) is 11.6 Å². The molecular weight excluding hydrogens is 266 g/mol. The lowest BCUT2D eigenvalue weighted by Crippen LogP contribution is -2.24. The van der Waals surface area contributed by atoms with Gasteiger partial charge in [-0.25, -0.2) is 0 Å². The minimum atomic E-state index is -0.225. The molecule has 1 aromatic rings. The van der Waals surface area contributed by atoms with Gasteiger partial charge in [-0.3, -0.25) is 9.59 Å². The van der Waals surface area contributed by atoms with Gasteiger partial charge in [0.1, 0.15) is 0 Å². The molecule has 21 heavy (non-hydrogen) atoms. The number of esters is 1. The van der Waals surface area contributed by atoms with Crippen molar-refractivity contribution in [3.8, 4) is 0 Å². The first-order valence-electron chi connectivity index (χ1n) is 7.74. The molecule has 1 amide bonds. The second kappa shape index (κ2) is 7.81. The highest BCUT2D eigenvalue weighted by molar-refractivity contribution is 5.92. The molecule has 4 heteroatoms. The fourth-order valence-corrected chi connectivity index (χ4v) is 2.69. The lowest BCUT2D eigenvalue weighted by Gasteiger charge is -2.20.